The van der Waals surface area contributed by atoms with Crippen LogP contribution in [0.15, 0.2) is 6.33 Å². The minimum atomic E-state index is -2.27. The minimum absolute atomic E-state index is 0.174. The molecule has 0 aliphatic carbocycles. The summed E-state index contributed by atoms with van der Waals surface area (Å²) in [6.07, 6.45) is -0.809. The summed E-state index contributed by atoms with van der Waals surface area (Å²) >= 11 is 0. The van der Waals surface area contributed by atoms with Crippen molar-refractivity contribution in [1.82, 2.24) is 19.7 Å². The number of hydrogen-bond acceptors (Lipinski definition) is 3. The molecule has 4 nitrogen and oxygen atoms in total. The molecule has 0 unspecified atom stereocenters. The molecule has 0 saturated carbocycles. The lowest BCUT2D eigenvalue weighted by atomic mass is 10.3. The third kappa shape index (κ3) is 1.82. The van der Waals surface area contributed by atoms with Crippen molar-refractivity contribution in [2.45, 2.75) is 19.5 Å². The zero-order valence-electron chi connectivity index (χ0n) is 7.03. The van der Waals surface area contributed by atoms with Gasteiger partial charge in [-0.25, -0.2) is 18.4 Å². The summed E-state index contributed by atoms with van der Waals surface area (Å²) in [6, 6.07) is 0. The molecule has 0 spiro atoms. The van der Waals surface area contributed by atoms with Crippen LogP contribution in [0.5, 0.6) is 0 Å². The van der Waals surface area contributed by atoms with Gasteiger partial charge in [0.1, 0.15) is 12.2 Å². The molecule has 0 amide bonds. The van der Waals surface area contributed by atoms with Gasteiger partial charge in [0.25, 0.3) is 6.43 Å². The van der Waals surface area contributed by atoms with E-state index in [4.69, 9.17) is 0 Å². The molecule has 0 bridgehead atoms. The van der Waals surface area contributed by atoms with Gasteiger partial charge in [0.05, 0.1) is 19.6 Å². The second kappa shape index (κ2) is 3.37. The normalized spacial score (nSPS) is 17.8. The highest BCUT2D eigenvalue weighted by atomic mass is 19.3. The number of fused-ring (bicyclic) bond motifs is 1. The SMILES string of the molecule is FC(F)CN1CCn2ncnc2C1. The van der Waals surface area contributed by atoms with E-state index in [2.05, 4.69) is 10.1 Å². The highest BCUT2D eigenvalue weighted by molar-refractivity contribution is 4.88. The lowest BCUT2D eigenvalue weighted by Gasteiger charge is -2.25. The van der Waals surface area contributed by atoms with Crippen LogP contribution in [0.2, 0.25) is 0 Å². The van der Waals surface area contributed by atoms with Crippen LogP contribution in [-0.4, -0.2) is 39.2 Å². The van der Waals surface area contributed by atoms with Crippen LogP contribution in [0.1, 0.15) is 5.82 Å². The summed E-state index contributed by atoms with van der Waals surface area (Å²) in [5.74, 6) is 0.770. The number of alkyl halides is 2. The van der Waals surface area contributed by atoms with Crippen LogP contribution < -0.4 is 0 Å². The average molecular weight is 188 g/mol. The van der Waals surface area contributed by atoms with Crippen molar-refractivity contribution in [2.24, 2.45) is 0 Å². The van der Waals surface area contributed by atoms with Crippen LogP contribution in [0.4, 0.5) is 8.78 Å². The molecule has 0 atom stereocenters. The van der Waals surface area contributed by atoms with Gasteiger partial charge < -0.3 is 0 Å². The predicted molar refractivity (Wildman–Crippen MR) is 41.3 cm³/mol. The first-order chi connectivity index (χ1) is 6.25. The number of rotatable bonds is 2. The van der Waals surface area contributed by atoms with Gasteiger partial charge in [-0.2, -0.15) is 5.10 Å². The summed E-state index contributed by atoms with van der Waals surface area (Å²) in [4.78, 5) is 5.67. The van der Waals surface area contributed by atoms with E-state index in [-0.39, 0.29) is 6.54 Å². The summed E-state index contributed by atoms with van der Waals surface area (Å²) in [7, 11) is 0. The van der Waals surface area contributed by atoms with E-state index in [0.717, 1.165) is 5.82 Å². The van der Waals surface area contributed by atoms with Crippen molar-refractivity contribution in [2.75, 3.05) is 13.1 Å². The summed E-state index contributed by atoms with van der Waals surface area (Å²) < 4.78 is 25.8. The van der Waals surface area contributed by atoms with Crippen LogP contribution in [0.3, 0.4) is 0 Å². The first kappa shape index (κ1) is 8.55. The Kier molecular flexibility index (Phi) is 2.22. The van der Waals surface area contributed by atoms with E-state index >= 15 is 0 Å². The third-order valence-electron chi connectivity index (χ3n) is 2.08. The third-order valence-corrected chi connectivity index (χ3v) is 2.08. The fourth-order valence-electron chi connectivity index (χ4n) is 1.46. The number of halogens is 2. The highest BCUT2D eigenvalue weighted by Gasteiger charge is 2.19. The van der Waals surface area contributed by atoms with E-state index in [0.29, 0.717) is 19.6 Å². The lowest BCUT2D eigenvalue weighted by molar-refractivity contribution is 0.0727. The summed E-state index contributed by atoms with van der Waals surface area (Å²) in [5.41, 5.74) is 0. The Hall–Kier alpha value is -1.04. The Morgan fingerprint density at radius 2 is 2.31 bits per heavy atom. The molecule has 0 fully saturated rings. The molecule has 0 N–H and O–H groups in total. The van der Waals surface area contributed by atoms with Crippen molar-refractivity contribution >= 4 is 0 Å². The van der Waals surface area contributed by atoms with Crippen LogP contribution in [0, 0.1) is 0 Å². The maximum absolute atomic E-state index is 12.0. The standard InChI is InChI=1S/C7H10F2N4/c8-6(9)3-12-1-2-13-7(4-12)10-5-11-13/h5-6H,1-4H2. The maximum Gasteiger partial charge on any atom is 0.251 e. The molecule has 2 heterocycles. The van der Waals surface area contributed by atoms with E-state index in [1.54, 1.807) is 9.58 Å². The fraction of sp³-hybridized carbons (Fsp3) is 0.714. The molecule has 0 saturated heterocycles. The Morgan fingerprint density at radius 1 is 1.46 bits per heavy atom. The first-order valence-corrected chi connectivity index (χ1v) is 4.13. The smallest absolute Gasteiger partial charge is 0.251 e. The molecule has 6 heteroatoms. The molecule has 0 radical (unpaired) electrons. The maximum atomic E-state index is 12.0. The average Bonchev–Trinajstić information content (AvgIpc) is 2.49. The second-order valence-electron chi connectivity index (χ2n) is 3.03. The molecular weight excluding hydrogens is 178 g/mol. The van der Waals surface area contributed by atoms with Crippen LogP contribution in [-0.2, 0) is 13.1 Å². The Labute approximate surface area is 74.2 Å². The largest absolute Gasteiger partial charge is 0.288 e. The second-order valence-corrected chi connectivity index (χ2v) is 3.03. The highest BCUT2D eigenvalue weighted by Crippen LogP contribution is 2.09. The molecule has 13 heavy (non-hydrogen) atoms. The Bertz CT molecular complexity index is 286. The van der Waals surface area contributed by atoms with E-state index in [9.17, 15) is 8.78 Å². The van der Waals surface area contributed by atoms with Gasteiger partial charge in [-0.1, -0.05) is 0 Å². The zero-order chi connectivity index (χ0) is 9.26. The van der Waals surface area contributed by atoms with Gasteiger partial charge in [-0.3, -0.25) is 4.90 Å². The lowest BCUT2D eigenvalue weighted by Crippen LogP contribution is -2.37. The van der Waals surface area contributed by atoms with Gasteiger partial charge in [0.15, 0.2) is 0 Å². The zero-order valence-corrected chi connectivity index (χ0v) is 7.03. The number of aromatic nitrogens is 3. The first-order valence-electron chi connectivity index (χ1n) is 4.13. The quantitative estimate of drug-likeness (QED) is 0.672. The van der Waals surface area contributed by atoms with E-state index in [1.165, 1.54) is 6.33 Å². The topological polar surface area (TPSA) is 34.0 Å². The van der Waals surface area contributed by atoms with Crippen LogP contribution in [0.25, 0.3) is 0 Å². The van der Waals surface area contributed by atoms with Crippen LogP contribution >= 0.6 is 0 Å². The fourth-order valence-corrected chi connectivity index (χ4v) is 1.46. The van der Waals surface area contributed by atoms with E-state index < -0.39 is 6.43 Å². The molecule has 2 rings (SSSR count). The van der Waals surface area contributed by atoms with Crippen molar-refractivity contribution < 1.29 is 8.78 Å². The van der Waals surface area contributed by atoms with Gasteiger partial charge >= 0.3 is 0 Å². The van der Waals surface area contributed by atoms with Gasteiger partial charge in [0, 0.05) is 6.54 Å². The molecule has 0 aromatic carbocycles. The van der Waals surface area contributed by atoms with Crippen molar-refractivity contribution in [1.29, 1.82) is 0 Å². The van der Waals surface area contributed by atoms with Crippen molar-refractivity contribution in [3.63, 3.8) is 0 Å². The van der Waals surface area contributed by atoms with E-state index in [1.807, 2.05) is 0 Å². The Morgan fingerprint density at radius 3 is 3.08 bits per heavy atom. The van der Waals surface area contributed by atoms with Crippen molar-refractivity contribution in [3.8, 4) is 0 Å². The molecule has 1 aliphatic heterocycles. The summed E-state index contributed by atoms with van der Waals surface area (Å²) in [6.45, 7) is 1.58. The Balaban J connectivity index is 2.00. The molecule has 1 aromatic rings. The molecule has 1 aliphatic rings. The molecule has 1 aromatic heterocycles. The number of nitrogens with zero attached hydrogens (tertiary/aromatic N) is 4. The summed E-state index contributed by atoms with van der Waals surface area (Å²) in [5, 5.41) is 3.96. The number of hydrogen-bond donors (Lipinski definition) is 0. The molecular formula is C7H10F2N4. The monoisotopic (exact) mass is 188 g/mol. The van der Waals surface area contributed by atoms with Crippen molar-refractivity contribution in [3.05, 3.63) is 12.2 Å². The van der Waals surface area contributed by atoms with Gasteiger partial charge in [-0.15, -0.1) is 0 Å². The predicted octanol–water partition coefficient (Wildman–Crippen LogP) is 0.359. The molecule has 72 valence electrons. The minimum Gasteiger partial charge on any atom is -0.288 e. The van der Waals surface area contributed by atoms with Gasteiger partial charge in [0.2, 0.25) is 0 Å². The van der Waals surface area contributed by atoms with Gasteiger partial charge in [-0.05, 0) is 0 Å².